The van der Waals surface area contributed by atoms with E-state index in [1.165, 1.54) is 16.7 Å². The average Bonchev–Trinajstić information content (AvgIpc) is 2.42. The molecule has 3 rings (SSSR count). The van der Waals surface area contributed by atoms with Crippen LogP contribution in [0.4, 0.5) is 0 Å². The van der Waals surface area contributed by atoms with E-state index >= 15 is 0 Å². The summed E-state index contributed by atoms with van der Waals surface area (Å²) in [5.41, 5.74) is 3.76. The zero-order valence-electron chi connectivity index (χ0n) is 10.6. The molecule has 3 heteroatoms. The third-order valence-electron chi connectivity index (χ3n) is 3.59. The standard InChI is InChI=1S/C16H15ClNO/c17-15-4-1-12(2-5-15)10-18-8-7-13-9-16(19)6-3-14(13)11-18/h1-6,9H,7-8,10-11H2. The second kappa shape index (κ2) is 5.24. The summed E-state index contributed by atoms with van der Waals surface area (Å²) in [7, 11) is 0. The molecular weight excluding hydrogens is 258 g/mol. The first-order valence-corrected chi connectivity index (χ1v) is 6.84. The molecule has 0 amide bonds. The second-order valence-corrected chi connectivity index (χ2v) is 5.45. The van der Waals surface area contributed by atoms with Crippen LogP contribution in [0, 0.1) is 0 Å². The normalized spacial score (nSPS) is 15.2. The van der Waals surface area contributed by atoms with E-state index in [0.29, 0.717) is 0 Å². The van der Waals surface area contributed by atoms with Gasteiger partial charge in [-0.05, 0) is 47.4 Å². The lowest BCUT2D eigenvalue weighted by molar-refractivity contribution is 0.245. The Kier molecular flexibility index (Phi) is 3.45. The lowest BCUT2D eigenvalue weighted by atomic mass is 9.99. The number of nitrogens with zero attached hydrogens (tertiary/aromatic N) is 1. The quantitative estimate of drug-likeness (QED) is 0.809. The molecule has 1 aliphatic rings. The molecule has 0 N–H and O–H groups in total. The molecule has 0 aromatic heterocycles. The van der Waals surface area contributed by atoms with E-state index in [9.17, 15) is 5.11 Å². The highest BCUT2D eigenvalue weighted by Gasteiger charge is 2.16. The summed E-state index contributed by atoms with van der Waals surface area (Å²) >= 11 is 5.89. The molecule has 2 nitrogen and oxygen atoms in total. The van der Waals surface area contributed by atoms with Crippen molar-refractivity contribution >= 4 is 11.6 Å². The monoisotopic (exact) mass is 272 g/mol. The Labute approximate surface area is 118 Å². The van der Waals surface area contributed by atoms with Crippen molar-refractivity contribution in [3.8, 4) is 5.75 Å². The van der Waals surface area contributed by atoms with E-state index in [0.717, 1.165) is 31.1 Å². The van der Waals surface area contributed by atoms with Gasteiger partial charge in [-0.3, -0.25) is 10.0 Å². The highest BCUT2D eigenvalue weighted by atomic mass is 35.5. The van der Waals surface area contributed by atoms with E-state index in [4.69, 9.17) is 11.6 Å². The van der Waals surface area contributed by atoms with Crippen molar-refractivity contribution in [3.63, 3.8) is 0 Å². The van der Waals surface area contributed by atoms with Gasteiger partial charge in [0.15, 0.2) is 5.75 Å². The minimum absolute atomic E-state index is 0.116. The van der Waals surface area contributed by atoms with Crippen molar-refractivity contribution < 1.29 is 5.11 Å². The molecule has 0 spiro atoms. The molecule has 0 saturated carbocycles. The Bertz CT molecular complexity index is 580. The van der Waals surface area contributed by atoms with E-state index in [2.05, 4.69) is 17.0 Å². The van der Waals surface area contributed by atoms with Gasteiger partial charge in [-0.2, -0.15) is 0 Å². The summed E-state index contributed by atoms with van der Waals surface area (Å²) < 4.78 is 0. The minimum atomic E-state index is 0.116. The molecule has 0 bridgehead atoms. The SMILES string of the molecule is [O]c1ccc2c(c1)CCN(Cc1ccc(Cl)cc1)C2. The Morgan fingerprint density at radius 2 is 1.84 bits per heavy atom. The molecule has 97 valence electrons. The molecule has 1 heterocycles. The number of halogens is 1. The van der Waals surface area contributed by atoms with Crippen molar-refractivity contribution in [2.75, 3.05) is 6.54 Å². The van der Waals surface area contributed by atoms with Gasteiger partial charge in [0.1, 0.15) is 0 Å². The number of benzene rings is 2. The van der Waals surface area contributed by atoms with Gasteiger partial charge in [-0.15, -0.1) is 0 Å². The first kappa shape index (κ1) is 12.5. The van der Waals surface area contributed by atoms with Crippen molar-refractivity contribution in [1.82, 2.24) is 4.90 Å². The van der Waals surface area contributed by atoms with Crippen LogP contribution in [0.25, 0.3) is 0 Å². The highest BCUT2D eigenvalue weighted by Crippen LogP contribution is 2.24. The van der Waals surface area contributed by atoms with Gasteiger partial charge in [-0.25, -0.2) is 0 Å². The third kappa shape index (κ3) is 2.91. The third-order valence-corrected chi connectivity index (χ3v) is 3.84. The number of hydrogen-bond donors (Lipinski definition) is 0. The minimum Gasteiger partial charge on any atom is -0.294 e. The van der Waals surface area contributed by atoms with Gasteiger partial charge < -0.3 is 0 Å². The largest absolute Gasteiger partial charge is 0.294 e. The molecule has 2 aromatic carbocycles. The van der Waals surface area contributed by atoms with Gasteiger partial charge >= 0.3 is 0 Å². The van der Waals surface area contributed by atoms with Crippen LogP contribution in [0.5, 0.6) is 5.75 Å². The number of rotatable bonds is 2. The lowest BCUT2D eigenvalue weighted by Crippen LogP contribution is -2.29. The molecule has 0 aliphatic carbocycles. The van der Waals surface area contributed by atoms with Gasteiger partial charge in [-0.1, -0.05) is 29.8 Å². The molecule has 0 saturated heterocycles. The van der Waals surface area contributed by atoms with Crippen LogP contribution in [0.15, 0.2) is 42.5 Å². The fraction of sp³-hybridized carbons (Fsp3) is 0.250. The van der Waals surface area contributed by atoms with Gasteiger partial charge in [0.25, 0.3) is 0 Å². The van der Waals surface area contributed by atoms with Crippen LogP contribution in [-0.2, 0) is 24.6 Å². The summed E-state index contributed by atoms with van der Waals surface area (Å²) in [6.45, 7) is 2.84. The maximum Gasteiger partial charge on any atom is 0.178 e. The van der Waals surface area contributed by atoms with Crippen LogP contribution in [-0.4, -0.2) is 11.4 Å². The summed E-state index contributed by atoms with van der Waals surface area (Å²) in [6, 6.07) is 13.4. The Morgan fingerprint density at radius 1 is 1.05 bits per heavy atom. The van der Waals surface area contributed by atoms with Crippen LogP contribution in [0.2, 0.25) is 5.02 Å². The summed E-state index contributed by atoms with van der Waals surface area (Å²) in [5, 5.41) is 12.1. The molecule has 0 atom stereocenters. The Hall–Kier alpha value is -1.51. The van der Waals surface area contributed by atoms with E-state index in [1.807, 2.05) is 18.2 Å². The molecule has 19 heavy (non-hydrogen) atoms. The van der Waals surface area contributed by atoms with E-state index in [1.54, 1.807) is 12.1 Å². The molecule has 0 unspecified atom stereocenters. The summed E-state index contributed by atoms with van der Waals surface area (Å²) in [6.07, 6.45) is 0.957. The number of hydrogen-bond acceptors (Lipinski definition) is 1. The zero-order valence-corrected chi connectivity index (χ0v) is 11.4. The van der Waals surface area contributed by atoms with Gasteiger partial charge in [0.05, 0.1) is 0 Å². The zero-order chi connectivity index (χ0) is 13.2. The van der Waals surface area contributed by atoms with Gasteiger partial charge in [0.2, 0.25) is 0 Å². The van der Waals surface area contributed by atoms with Crippen molar-refractivity contribution in [2.45, 2.75) is 19.5 Å². The van der Waals surface area contributed by atoms with Crippen molar-refractivity contribution in [3.05, 3.63) is 64.2 Å². The van der Waals surface area contributed by atoms with Crippen LogP contribution >= 0.6 is 11.6 Å². The van der Waals surface area contributed by atoms with Crippen molar-refractivity contribution in [1.29, 1.82) is 0 Å². The molecule has 0 fully saturated rings. The maximum atomic E-state index is 11.3. The fourth-order valence-corrected chi connectivity index (χ4v) is 2.70. The fourth-order valence-electron chi connectivity index (χ4n) is 2.57. The lowest BCUT2D eigenvalue weighted by Gasteiger charge is -2.28. The second-order valence-electron chi connectivity index (χ2n) is 5.02. The molecular formula is C16H15ClNO. The first-order valence-electron chi connectivity index (χ1n) is 6.46. The first-order chi connectivity index (χ1) is 9.20. The van der Waals surface area contributed by atoms with Crippen LogP contribution < -0.4 is 0 Å². The van der Waals surface area contributed by atoms with Gasteiger partial charge in [0, 0.05) is 24.7 Å². The topological polar surface area (TPSA) is 23.1 Å². The maximum absolute atomic E-state index is 11.3. The van der Waals surface area contributed by atoms with E-state index < -0.39 is 0 Å². The van der Waals surface area contributed by atoms with Crippen molar-refractivity contribution in [2.24, 2.45) is 0 Å². The average molecular weight is 273 g/mol. The predicted molar refractivity (Wildman–Crippen MR) is 75.8 cm³/mol. The Balaban J connectivity index is 1.72. The van der Waals surface area contributed by atoms with Crippen LogP contribution in [0.3, 0.4) is 0 Å². The predicted octanol–water partition coefficient (Wildman–Crippen LogP) is 4.04. The molecule has 1 aliphatic heterocycles. The number of fused-ring (bicyclic) bond motifs is 1. The Morgan fingerprint density at radius 3 is 2.63 bits per heavy atom. The highest BCUT2D eigenvalue weighted by molar-refractivity contribution is 6.30. The van der Waals surface area contributed by atoms with E-state index in [-0.39, 0.29) is 5.75 Å². The molecule has 1 radical (unpaired) electrons. The molecule has 2 aromatic rings. The summed E-state index contributed by atoms with van der Waals surface area (Å²) in [5.74, 6) is 0.116. The summed E-state index contributed by atoms with van der Waals surface area (Å²) in [4.78, 5) is 2.40. The smallest absolute Gasteiger partial charge is 0.178 e. The van der Waals surface area contributed by atoms with Crippen LogP contribution in [0.1, 0.15) is 16.7 Å².